The lowest BCUT2D eigenvalue weighted by Crippen LogP contribution is -2.11. The maximum Gasteiger partial charge on any atom is 0.224 e. The van der Waals surface area contributed by atoms with Crippen molar-refractivity contribution in [3.05, 3.63) is 47.7 Å². The van der Waals surface area contributed by atoms with Gasteiger partial charge in [0.05, 0.1) is 11.9 Å². The molecule has 0 aliphatic heterocycles. The first-order chi connectivity index (χ1) is 10.6. The second kappa shape index (κ2) is 7.59. The number of hydrogen-bond acceptors (Lipinski definition) is 3. The summed E-state index contributed by atoms with van der Waals surface area (Å²) in [5.74, 6) is 0.803. The molecule has 0 aliphatic rings. The smallest absolute Gasteiger partial charge is 0.224 e. The first-order valence-corrected chi connectivity index (χ1v) is 7.68. The third-order valence-corrected chi connectivity index (χ3v) is 3.45. The fourth-order valence-electron chi connectivity index (χ4n) is 2.19. The SMILES string of the molecule is CCCCC(=O)Nc1ccc(Nc2ccc(C)cc2C)nc1. The van der Waals surface area contributed by atoms with Gasteiger partial charge in [0.25, 0.3) is 0 Å². The molecule has 0 spiro atoms. The van der Waals surface area contributed by atoms with Crippen molar-refractivity contribution in [1.82, 2.24) is 4.98 Å². The quantitative estimate of drug-likeness (QED) is 0.821. The fraction of sp³-hybridized carbons (Fsp3) is 0.333. The molecule has 0 saturated carbocycles. The van der Waals surface area contributed by atoms with Gasteiger partial charge in [-0.1, -0.05) is 31.0 Å². The lowest BCUT2D eigenvalue weighted by atomic mass is 10.1. The minimum atomic E-state index is 0.0405. The van der Waals surface area contributed by atoms with Gasteiger partial charge in [-0.15, -0.1) is 0 Å². The average molecular weight is 297 g/mol. The van der Waals surface area contributed by atoms with Crippen LogP contribution in [0.3, 0.4) is 0 Å². The lowest BCUT2D eigenvalue weighted by Gasteiger charge is -2.10. The van der Waals surface area contributed by atoms with Crippen LogP contribution < -0.4 is 10.6 Å². The van der Waals surface area contributed by atoms with Crippen LogP contribution in [-0.2, 0) is 4.79 Å². The van der Waals surface area contributed by atoms with Crippen molar-refractivity contribution >= 4 is 23.1 Å². The Kier molecular flexibility index (Phi) is 5.53. The number of aryl methyl sites for hydroxylation is 2. The van der Waals surface area contributed by atoms with Gasteiger partial charge in [-0.05, 0) is 44.0 Å². The van der Waals surface area contributed by atoms with Crippen molar-refractivity contribution in [2.24, 2.45) is 0 Å². The summed E-state index contributed by atoms with van der Waals surface area (Å²) in [7, 11) is 0. The van der Waals surface area contributed by atoms with Crippen LogP contribution in [0.2, 0.25) is 0 Å². The molecule has 0 fully saturated rings. The Morgan fingerprint density at radius 1 is 1.18 bits per heavy atom. The zero-order valence-corrected chi connectivity index (χ0v) is 13.4. The minimum Gasteiger partial charge on any atom is -0.340 e. The number of amides is 1. The van der Waals surface area contributed by atoms with Gasteiger partial charge in [0, 0.05) is 12.1 Å². The van der Waals surface area contributed by atoms with Crippen LogP contribution >= 0.6 is 0 Å². The van der Waals surface area contributed by atoms with Gasteiger partial charge >= 0.3 is 0 Å². The van der Waals surface area contributed by atoms with Crippen molar-refractivity contribution in [2.75, 3.05) is 10.6 Å². The van der Waals surface area contributed by atoms with Crippen molar-refractivity contribution < 1.29 is 4.79 Å². The van der Waals surface area contributed by atoms with Crippen molar-refractivity contribution in [2.45, 2.75) is 40.0 Å². The molecule has 2 rings (SSSR count). The van der Waals surface area contributed by atoms with Gasteiger partial charge in [0.1, 0.15) is 5.82 Å². The molecule has 4 nitrogen and oxygen atoms in total. The van der Waals surface area contributed by atoms with Crippen LogP contribution in [0.15, 0.2) is 36.5 Å². The van der Waals surface area contributed by atoms with Crippen LogP contribution in [0.1, 0.15) is 37.3 Å². The zero-order chi connectivity index (χ0) is 15.9. The molecule has 1 heterocycles. The number of rotatable bonds is 6. The normalized spacial score (nSPS) is 10.3. The van der Waals surface area contributed by atoms with Crippen LogP contribution in [0.4, 0.5) is 17.2 Å². The maximum atomic E-state index is 11.7. The highest BCUT2D eigenvalue weighted by atomic mass is 16.1. The molecule has 0 radical (unpaired) electrons. The molecule has 1 amide bonds. The van der Waals surface area contributed by atoms with E-state index in [0.717, 1.165) is 30.0 Å². The predicted octanol–water partition coefficient (Wildman–Crippen LogP) is 4.57. The zero-order valence-electron chi connectivity index (χ0n) is 13.4. The number of hydrogen-bond donors (Lipinski definition) is 2. The molecule has 2 aromatic rings. The monoisotopic (exact) mass is 297 g/mol. The summed E-state index contributed by atoms with van der Waals surface area (Å²) in [4.78, 5) is 16.0. The summed E-state index contributed by atoms with van der Waals surface area (Å²) in [5, 5.41) is 6.15. The first kappa shape index (κ1) is 16.0. The third-order valence-electron chi connectivity index (χ3n) is 3.45. The standard InChI is InChI=1S/C18H23N3O/c1-4-5-6-18(22)20-15-8-10-17(19-12-15)21-16-9-7-13(2)11-14(16)3/h7-12H,4-6H2,1-3H3,(H,19,21)(H,20,22). The van der Waals surface area contributed by atoms with Crippen LogP contribution in [0, 0.1) is 13.8 Å². The van der Waals surface area contributed by atoms with E-state index in [-0.39, 0.29) is 5.91 Å². The summed E-state index contributed by atoms with van der Waals surface area (Å²) < 4.78 is 0. The molecule has 2 N–H and O–H groups in total. The number of aromatic nitrogens is 1. The second-order valence-electron chi connectivity index (χ2n) is 5.53. The van der Waals surface area contributed by atoms with Crippen LogP contribution in [0.25, 0.3) is 0 Å². The van der Waals surface area contributed by atoms with Crippen molar-refractivity contribution in [3.63, 3.8) is 0 Å². The molecule has 0 aliphatic carbocycles. The first-order valence-electron chi connectivity index (χ1n) is 7.68. The molecule has 0 bridgehead atoms. The Bertz CT molecular complexity index is 635. The summed E-state index contributed by atoms with van der Waals surface area (Å²) in [5.41, 5.74) is 4.19. The van der Waals surface area contributed by atoms with Crippen molar-refractivity contribution in [1.29, 1.82) is 0 Å². The van der Waals surface area contributed by atoms with Crippen LogP contribution in [-0.4, -0.2) is 10.9 Å². The molecule has 1 aromatic carbocycles. The number of pyridine rings is 1. The predicted molar refractivity (Wildman–Crippen MR) is 91.6 cm³/mol. The highest BCUT2D eigenvalue weighted by Crippen LogP contribution is 2.21. The molecule has 0 unspecified atom stereocenters. The molecule has 0 saturated heterocycles. The summed E-state index contributed by atoms with van der Waals surface area (Å²) in [6, 6.07) is 9.98. The van der Waals surface area contributed by atoms with Gasteiger partial charge in [-0.2, -0.15) is 0 Å². The van der Waals surface area contributed by atoms with E-state index in [1.54, 1.807) is 6.20 Å². The van der Waals surface area contributed by atoms with E-state index >= 15 is 0 Å². The molecular weight excluding hydrogens is 274 g/mol. The molecule has 4 heteroatoms. The van der Waals surface area contributed by atoms with E-state index in [1.807, 2.05) is 18.2 Å². The number of anilines is 3. The average Bonchev–Trinajstić information content (AvgIpc) is 2.50. The molecule has 116 valence electrons. The van der Waals surface area contributed by atoms with Gasteiger partial charge in [-0.25, -0.2) is 4.98 Å². The highest BCUT2D eigenvalue weighted by molar-refractivity contribution is 5.90. The molecule has 0 atom stereocenters. The maximum absolute atomic E-state index is 11.7. The lowest BCUT2D eigenvalue weighted by molar-refractivity contribution is -0.116. The van der Waals surface area contributed by atoms with Gasteiger partial charge in [0.15, 0.2) is 0 Å². The van der Waals surface area contributed by atoms with E-state index in [4.69, 9.17) is 0 Å². The van der Waals surface area contributed by atoms with E-state index in [1.165, 1.54) is 11.1 Å². The molecule has 1 aromatic heterocycles. The van der Waals surface area contributed by atoms with E-state index in [9.17, 15) is 4.79 Å². The Labute approximate surface area is 132 Å². The van der Waals surface area contributed by atoms with Gasteiger partial charge in [-0.3, -0.25) is 4.79 Å². The number of carbonyl (C=O) groups excluding carboxylic acids is 1. The highest BCUT2D eigenvalue weighted by Gasteiger charge is 2.03. The van der Waals surface area contributed by atoms with E-state index in [2.05, 4.69) is 48.5 Å². The Morgan fingerprint density at radius 3 is 2.64 bits per heavy atom. The summed E-state index contributed by atoms with van der Waals surface area (Å²) in [6.45, 7) is 6.21. The molecular formula is C18H23N3O. The van der Waals surface area contributed by atoms with E-state index in [0.29, 0.717) is 6.42 Å². The number of nitrogens with zero attached hydrogens (tertiary/aromatic N) is 1. The Balaban J connectivity index is 1.98. The second-order valence-corrected chi connectivity index (χ2v) is 5.53. The van der Waals surface area contributed by atoms with Gasteiger partial charge in [0.2, 0.25) is 5.91 Å². The Hall–Kier alpha value is -2.36. The minimum absolute atomic E-state index is 0.0405. The fourth-order valence-corrected chi connectivity index (χ4v) is 2.19. The largest absolute Gasteiger partial charge is 0.340 e. The molecule has 22 heavy (non-hydrogen) atoms. The van der Waals surface area contributed by atoms with E-state index < -0.39 is 0 Å². The Morgan fingerprint density at radius 2 is 2.00 bits per heavy atom. The van der Waals surface area contributed by atoms with Gasteiger partial charge < -0.3 is 10.6 Å². The summed E-state index contributed by atoms with van der Waals surface area (Å²) >= 11 is 0. The third kappa shape index (κ3) is 4.58. The number of nitrogens with one attached hydrogen (secondary N) is 2. The number of carbonyl (C=O) groups is 1. The summed E-state index contributed by atoms with van der Waals surface area (Å²) in [6.07, 6.45) is 4.16. The number of benzene rings is 1. The van der Waals surface area contributed by atoms with Crippen LogP contribution in [0.5, 0.6) is 0 Å². The topological polar surface area (TPSA) is 54.0 Å². The number of unbranched alkanes of at least 4 members (excludes halogenated alkanes) is 1. The van der Waals surface area contributed by atoms with Crippen molar-refractivity contribution in [3.8, 4) is 0 Å².